The highest BCUT2D eigenvalue weighted by Gasteiger charge is 2.50. The van der Waals surface area contributed by atoms with Gasteiger partial charge in [0.1, 0.15) is 5.69 Å². The summed E-state index contributed by atoms with van der Waals surface area (Å²) < 4.78 is 11.6. The van der Waals surface area contributed by atoms with Gasteiger partial charge in [-0.2, -0.15) is 0 Å². The van der Waals surface area contributed by atoms with Crippen molar-refractivity contribution in [1.29, 1.82) is 0 Å². The van der Waals surface area contributed by atoms with Crippen LogP contribution in [0.4, 0.5) is 0 Å². The molecule has 2 heterocycles. The summed E-state index contributed by atoms with van der Waals surface area (Å²) in [4.78, 5) is 15.8. The van der Waals surface area contributed by atoms with E-state index in [0.29, 0.717) is 12.1 Å². The van der Waals surface area contributed by atoms with Gasteiger partial charge in [-0.3, -0.25) is 9.78 Å². The van der Waals surface area contributed by atoms with Crippen molar-refractivity contribution in [2.75, 3.05) is 6.44 Å². The van der Waals surface area contributed by atoms with Gasteiger partial charge in [0.25, 0.3) is 5.91 Å². The molecule has 5 nitrogen and oxygen atoms in total. The summed E-state index contributed by atoms with van der Waals surface area (Å²) in [7, 11) is -0.433. The van der Waals surface area contributed by atoms with Gasteiger partial charge in [0, 0.05) is 6.20 Å². The van der Waals surface area contributed by atoms with Crippen molar-refractivity contribution < 1.29 is 14.1 Å². The number of pyridine rings is 1. The van der Waals surface area contributed by atoms with Gasteiger partial charge in [0.2, 0.25) is 0 Å². The van der Waals surface area contributed by atoms with Crippen molar-refractivity contribution in [3.63, 3.8) is 0 Å². The second-order valence-electron chi connectivity index (χ2n) is 5.61. The molecule has 6 heteroatoms. The summed E-state index contributed by atoms with van der Waals surface area (Å²) in [5.74, 6) is -0.227. The fourth-order valence-electron chi connectivity index (χ4n) is 1.81. The van der Waals surface area contributed by atoms with E-state index in [1.165, 1.54) is 0 Å². The van der Waals surface area contributed by atoms with Crippen LogP contribution in [0.3, 0.4) is 0 Å². The van der Waals surface area contributed by atoms with Gasteiger partial charge in [-0.1, -0.05) is 6.07 Å². The summed E-state index contributed by atoms with van der Waals surface area (Å²) in [6, 6.07) is 5.21. The lowest BCUT2D eigenvalue weighted by molar-refractivity contribution is 0.00578. The van der Waals surface area contributed by atoms with Gasteiger partial charge < -0.3 is 14.6 Å². The maximum absolute atomic E-state index is 11.8. The number of rotatable bonds is 3. The van der Waals surface area contributed by atoms with E-state index in [0.717, 1.165) is 0 Å². The quantitative estimate of drug-likeness (QED) is 0.837. The largest absolute Gasteiger partial charge is 0.478 e. The zero-order valence-electron chi connectivity index (χ0n) is 11.8. The van der Waals surface area contributed by atoms with Gasteiger partial charge >= 0.3 is 7.12 Å². The summed E-state index contributed by atoms with van der Waals surface area (Å²) in [6.45, 7) is 7.92. The molecule has 0 aromatic carbocycles. The second-order valence-corrected chi connectivity index (χ2v) is 5.61. The van der Waals surface area contributed by atoms with Gasteiger partial charge in [-0.25, -0.2) is 0 Å². The number of aromatic nitrogens is 1. The number of carbonyl (C=O) groups excluding carboxylic acids is 1. The van der Waals surface area contributed by atoms with Crippen LogP contribution >= 0.6 is 0 Å². The van der Waals surface area contributed by atoms with Crippen LogP contribution in [0.2, 0.25) is 0 Å². The molecule has 1 saturated heterocycles. The Labute approximate surface area is 113 Å². The van der Waals surface area contributed by atoms with E-state index in [-0.39, 0.29) is 17.1 Å². The average molecular weight is 262 g/mol. The Kier molecular flexibility index (Phi) is 3.65. The van der Waals surface area contributed by atoms with E-state index in [1.807, 2.05) is 27.7 Å². The lowest BCUT2D eigenvalue weighted by atomic mass is 9.90. The van der Waals surface area contributed by atoms with E-state index in [2.05, 4.69) is 10.3 Å². The molecule has 2 rings (SSSR count). The molecule has 0 unspecified atom stereocenters. The molecular formula is C13H19BN2O3. The predicted octanol–water partition coefficient (Wildman–Crippen LogP) is 1.44. The minimum atomic E-state index is -0.433. The normalized spacial score (nSPS) is 20.3. The molecule has 1 amide bonds. The summed E-state index contributed by atoms with van der Waals surface area (Å²) in [5, 5.41) is 2.76. The summed E-state index contributed by atoms with van der Waals surface area (Å²) in [6.07, 6.45) is 1.89. The van der Waals surface area contributed by atoms with Crippen LogP contribution in [0.15, 0.2) is 24.4 Å². The lowest BCUT2D eigenvalue weighted by Gasteiger charge is -2.32. The molecule has 0 bridgehead atoms. The van der Waals surface area contributed by atoms with Crippen molar-refractivity contribution in [3.8, 4) is 0 Å². The molecule has 1 fully saturated rings. The van der Waals surface area contributed by atoms with E-state index in [1.54, 1.807) is 24.4 Å². The molecule has 0 saturated carbocycles. The molecule has 19 heavy (non-hydrogen) atoms. The smallest absolute Gasteiger partial charge is 0.402 e. The minimum absolute atomic E-state index is 0.227. The van der Waals surface area contributed by atoms with Crippen molar-refractivity contribution in [2.24, 2.45) is 0 Å². The first-order chi connectivity index (χ1) is 8.82. The first-order valence-corrected chi connectivity index (χ1v) is 6.37. The van der Waals surface area contributed by atoms with Crippen LogP contribution in [0.25, 0.3) is 0 Å². The topological polar surface area (TPSA) is 60.5 Å². The van der Waals surface area contributed by atoms with Crippen LogP contribution in [-0.2, 0) is 9.31 Å². The zero-order valence-corrected chi connectivity index (χ0v) is 11.8. The molecule has 0 atom stereocenters. The molecule has 1 aliphatic heterocycles. The van der Waals surface area contributed by atoms with Crippen molar-refractivity contribution >= 4 is 13.0 Å². The van der Waals surface area contributed by atoms with E-state index >= 15 is 0 Å². The number of nitrogens with one attached hydrogen (secondary N) is 1. The molecule has 102 valence electrons. The Morgan fingerprint density at radius 3 is 2.42 bits per heavy atom. The number of amides is 1. The highest BCUT2D eigenvalue weighted by atomic mass is 16.7. The third-order valence-electron chi connectivity index (χ3n) is 3.63. The molecule has 1 N–H and O–H groups in total. The predicted molar refractivity (Wildman–Crippen MR) is 72.7 cm³/mol. The molecule has 1 aromatic heterocycles. The Morgan fingerprint density at radius 1 is 1.26 bits per heavy atom. The van der Waals surface area contributed by atoms with Crippen molar-refractivity contribution in [3.05, 3.63) is 30.1 Å². The van der Waals surface area contributed by atoms with Gasteiger partial charge in [0.05, 0.1) is 17.6 Å². The highest BCUT2D eigenvalue weighted by Crippen LogP contribution is 2.36. The Morgan fingerprint density at radius 2 is 1.89 bits per heavy atom. The number of nitrogens with zero attached hydrogens (tertiary/aromatic N) is 1. The first kappa shape index (κ1) is 14.0. The summed E-state index contributed by atoms with van der Waals surface area (Å²) in [5.41, 5.74) is -0.375. The van der Waals surface area contributed by atoms with E-state index in [9.17, 15) is 4.79 Å². The standard InChI is InChI=1S/C13H19BN2O3/c1-12(2)13(3,4)19-14(18-12)9-16-11(17)10-7-5-6-8-15-10/h5-8H,9H2,1-4H3,(H,16,17). The zero-order chi connectivity index (χ0) is 14.1. The van der Waals surface area contributed by atoms with Gasteiger partial charge in [-0.15, -0.1) is 0 Å². The lowest BCUT2D eigenvalue weighted by Crippen LogP contribution is -2.41. The highest BCUT2D eigenvalue weighted by molar-refractivity contribution is 6.46. The molecular weight excluding hydrogens is 243 g/mol. The van der Waals surface area contributed by atoms with Crippen LogP contribution in [0.1, 0.15) is 38.2 Å². The van der Waals surface area contributed by atoms with Crippen LogP contribution in [-0.4, -0.2) is 35.7 Å². The third-order valence-corrected chi connectivity index (χ3v) is 3.63. The van der Waals surface area contributed by atoms with E-state index in [4.69, 9.17) is 9.31 Å². The number of hydrogen-bond acceptors (Lipinski definition) is 4. The Hall–Kier alpha value is -1.40. The maximum Gasteiger partial charge on any atom is 0.478 e. The SMILES string of the molecule is CC1(C)OB(CNC(=O)c2ccccn2)OC1(C)C. The minimum Gasteiger partial charge on any atom is -0.402 e. The van der Waals surface area contributed by atoms with Crippen LogP contribution in [0.5, 0.6) is 0 Å². The number of hydrogen-bond donors (Lipinski definition) is 1. The fourth-order valence-corrected chi connectivity index (χ4v) is 1.81. The molecule has 1 aliphatic rings. The first-order valence-electron chi connectivity index (χ1n) is 6.37. The maximum atomic E-state index is 11.8. The average Bonchev–Trinajstić information content (AvgIpc) is 2.56. The van der Waals surface area contributed by atoms with Gasteiger partial charge in [-0.05, 0) is 39.8 Å². The molecule has 0 spiro atoms. The second kappa shape index (κ2) is 4.94. The van der Waals surface area contributed by atoms with Gasteiger partial charge in [0.15, 0.2) is 0 Å². The molecule has 0 radical (unpaired) electrons. The monoisotopic (exact) mass is 262 g/mol. The van der Waals surface area contributed by atoms with Crippen LogP contribution in [0, 0.1) is 0 Å². The Balaban J connectivity index is 1.90. The molecule has 0 aliphatic carbocycles. The van der Waals surface area contributed by atoms with Crippen LogP contribution < -0.4 is 5.32 Å². The fraction of sp³-hybridized carbons (Fsp3) is 0.538. The van der Waals surface area contributed by atoms with E-state index < -0.39 is 7.12 Å². The number of carbonyl (C=O) groups is 1. The van der Waals surface area contributed by atoms with Crippen molar-refractivity contribution in [2.45, 2.75) is 38.9 Å². The molecule has 1 aromatic rings. The summed E-state index contributed by atoms with van der Waals surface area (Å²) >= 11 is 0. The van der Waals surface area contributed by atoms with Crippen molar-refractivity contribution in [1.82, 2.24) is 10.3 Å². The Bertz CT molecular complexity index is 446. The third kappa shape index (κ3) is 2.96.